The van der Waals surface area contributed by atoms with Gasteiger partial charge in [0.1, 0.15) is 16.9 Å². The molecule has 0 atom stereocenters. The summed E-state index contributed by atoms with van der Waals surface area (Å²) in [6, 6.07) is 5.26. The topological polar surface area (TPSA) is 121 Å². The predicted molar refractivity (Wildman–Crippen MR) is 143 cm³/mol. The molecule has 3 rings (SSSR count). The van der Waals surface area contributed by atoms with Crippen LogP contribution in [0, 0.1) is 5.82 Å². The van der Waals surface area contributed by atoms with Crippen LogP contribution >= 0.6 is 0 Å². The summed E-state index contributed by atoms with van der Waals surface area (Å²) in [4.78, 5) is 38.6. The van der Waals surface area contributed by atoms with Crippen LogP contribution in [0.3, 0.4) is 0 Å². The maximum atomic E-state index is 14.5. The van der Waals surface area contributed by atoms with E-state index in [9.17, 15) is 14.0 Å². The van der Waals surface area contributed by atoms with Crippen LogP contribution in [0.4, 0.5) is 15.1 Å². The lowest BCUT2D eigenvalue weighted by Crippen LogP contribution is -2.39. The normalized spacial score (nSPS) is 11.8. The van der Waals surface area contributed by atoms with Crippen molar-refractivity contribution in [3.8, 4) is 11.3 Å². The third kappa shape index (κ3) is 6.83. The van der Waals surface area contributed by atoms with Gasteiger partial charge in [-0.15, -0.1) is 0 Å². The van der Waals surface area contributed by atoms with Gasteiger partial charge in [0.05, 0.1) is 18.3 Å². The van der Waals surface area contributed by atoms with E-state index in [0.717, 1.165) is 22.0 Å². The second kappa shape index (κ2) is 10.8. The van der Waals surface area contributed by atoms with Crippen molar-refractivity contribution in [2.75, 3.05) is 5.73 Å². The summed E-state index contributed by atoms with van der Waals surface area (Å²) < 4.78 is 25.9. The van der Waals surface area contributed by atoms with Crippen molar-refractivity contribution in [1.82, 2.24) is 19.9 Å². The van der Waals surface area contributed by atoms with Gasteiger partial charge in [0.2, 0.25) is 5.95 Å². The SMILES string of the molecule is CC(C)c1c(CN(C(=O)OC(C)(C)C)C(=C=O)OC(C)(C)C)cnc2ccc(-c3nc(N)ncc3F)cc12. The number of nitrogen functional groups attached to an aromatic ring is 1. The van der Waals surface area contributed by atoms with Gasteiger partial charge in [-0.25, -0.2) is 28.8 Å². The first-order valence-corrected chi connectivity index (χ1v) is 12.2. The van der Waals surface area contributed by atoms with Crippen LogP contribution in [-0.2, 0) is 20.8 Å². The minimum atomic E-state index is -0.814. The van der Waals surface area contributed by atoms with E-state index < -0.39 is 23.1 Å². The second-order valence-electron chi connectivity index (χ2n) is 11.2. The number of nitrogens with two attached hydrogens (primary N) is 1. The fourth-order valence-corrected chi connectivity index (χ4v) is 3.92. The van der Waals surface area contributed by atoms with Crippen LogP contribution in [0.1, 0.15) is 72.4 Å². The van der Waals surface area contributed by atoms with Gasteiger partial charge in [0.25, 0.3) is 5.88 Å². The molecule has 0 saturated carbocycles. The van der Waals surface area contributed by atoms with Crippen molar-refractivity contribution in [3.63, 3.8) is 0 Å². The number of carbonyl (C=O) groups excluding carboxylic acids is 2. The van der Waals surface area contributed by atoms with E-state index in [1.165, 1.54) is 0 Å². The molecule has 0 radical (unpaired) electrons. The summed E-state index contributed by atoms with van der Waals surface area (Å²) in [6.45, 7) is 14.4. The average molecular weight is 524 g/mol. The second-order valence-corrected chi connectivity index (χ2v) is 11.2. The summed E-state index contributed by atoms with van der Waals surface area (Å²) >= 11 is 0. The molecule has 3 aromatic rings. The van der Waals surface area contributed by atoms with E-state index >= 15 is 0 Å². The molecule has 0 aliphatic carbocycles. The monoisotopic (exact) mass is 523 g/mol. The minimum Gasteiger partial charge on any atom is -0.465 e. The highest BCUT2D eigenvalue weighted by Gasteiger charge is 2.31. The van der Waals surface area contributed by atoms with Crippen molar-refractivity contribution in [1.29, 1.82) is 0 Å². The van der Waals surface area contributed by atoms with Crippen molar-refractivity contribution < 1.29 is 23.5 Å². The lowest BCUT2D eigenvalue weighted by Gasteiger charge is -2.31. The fourth-order valence-electron chi connectivity index (χ4n) is 3.92. The lowest BCUT2D eigenvalue weighted by atomic mass is 9.92. The molecule has 2 aromatic heterocycles. The van der Waals surface area contributed by atoms with Crippen LogP contribution in [0.15, 0.2) is 36.5 Å². The molecule has 0 bridgehead atoms. The number of hydrogen-bond donors (Lipinski definition) is 1. The molecule has 2 N–H and O–H groups in total. The Balaban J connectivity index is 2.18. The largest absolute Gasteiger partial charge is 0.465 e. The predicted octanol–water partition coefficient (Wildman–Crippen LogP) is 5.76. The zero-order chi connectivity index (χ0) is 28.4. The number of amides is 1. The van der Waals surface area contributed by atoms with E-state index in [0.29, 0.717) is 16.6 Å². The highest BCUT2D eigenvalue weighted by atomic mass is 19.1. The molecule has 202 valence electrons. The first kappa shape index (κ1) is 28.5. The van der Waals surface area contributed by atoms with Gasteiger partial charge in [0.15, 0.2) is 11.8 Å². The zero-order valence-corrected chi connectivity index (χ0v) is 23.0. The first-order chi connectivity index (χ1) is 17.6. The van der Waals surface area contributed by atoms with Gasteiger partial charge >= 0.3 is 6.09 Å². The van der Waals surface area contributed by atoms with Crippen LogP contribution < -0.4 is 5.73 Å². The van der Waals surface area contributed by atoms with Crippen LogP contribution in [0.5, 0.6) is 0 Å². The number of ether oxygens (including phenoxy) is 2. The Kier molecular flexibility index (Phi) is 8.07. The number of rotatable bonds is 6. The highest BCUT2D eigenvalue weighted by molar-refractivity contribution is 5.88. The lowest BCUT2D eigenvalue weighted by molar-refractivity contribution is -0.0174. The van der Waals surface area contributed by atoms with E-state index in [2.05, 4.69) is 15.0 Å². The number of hydrogen-bond acceptors (Lipinski definition) is 8. The molecule has 0 spiro atoms. The maximum Gasteiger partial charge on any atom is 0.418 e. The summed E-state index contributed by atoms with van der Waals surface area (Å²) in [5, 5.41) is 0.740. The summed E-state index contributed by atoms with van der Waals surface area (Å²) in [5.74, 6) is 0.778. The van der Waals surface area contributed by atoms with Gasteiger partial charge < -0.3 is 15.2 Å². The van der Waals surface area contributed by atoms with E-state index in [1.807, 2.05) is 13.8 Å². The molecule has 2 heterocycles. The van der Waals surface area contributed by atoms with E-state index in [1.54, 1.807) is 71.9 Å². The Labute approximate surface area is 221 Å². The molecular formula is C28H34FN5O4. The van der Waals surface area contributed by atoms with Crippen LogP contribution in [-0.4, -0.2) is 43.1 Å². The summed E-state index contributed by atoms with van der Waals surface area (Å²) in [6.07, 6.45) is 1.92. The number of aromatic nitrogens is 3. The third-order valence-electron chi connectivity index (χ3n) is 5.28. The number of nitrogens with zero attached hydrogens (tertiary/aromatic N) is 4. The molecule has 1 aromatic carbocycles. The Morgan fingerprint density at radius 1 is 1.08 bits per heavy atom. The molecule has 10 heteroatoms. The Bertz CT molecular complexity index is 1400. The van der Waals surface area contributed by atoms with E-state index in [4.69, 9.17) is 15.2 Å². The van der Waals surface area contributed by atoms with Gasteiger partial charge in [-0.3, -0.25) is 4.98 Å². The van der Waals surface area contributed by atoms with Gasteiger partial charge in [-0.1, -0.05) is 19.9 Å². The number of halogens is 1. The number of benzene rings is 1. The zero-order valence-electron chi connectivity index (χ0n) is 23.0. The smallest absolute Gasteiger partial charge is 0.418 e. The first-order valence-electron chi connectivity index (χ1n) is 12.2. The number of anilines is 1. The van der Waals surface area contributed by atoms with Crippen molar-refractivity contribution in [3.05, 3.63) is 53.4 Å². The molecule has 0 unspecified atom stereocenters. The molecule has 0 saturated heterocycles. The Morgan fingerprint density at radius 2 is 1.74 bits per heavy atom. The number of fused-ring (bicyclic) bond motifs is 1. The molecule has 0 fully saturated rings. The quantitative estimate of drug-likeness (QED) is 0.320. The molecule has 0 aliphatic heterocycles. The molecule has 0 aliphatic rings. The maximum absolute atomic E-state index is 14.5. The highest BCUT2D eigenvalue weighted by Crippen LogP contribution is 2.33. The van der Waals surface area contributed by atoms with E-state index in [-0.39, 0.29) is 30.0 Å². The van der Waals surface area contributed by atoms with Crippen LogP contribution in [0.2, 0.25) is 0 Å². The van der Waals surface area contributed by atoms with Gasteiger partial charge in [-0.2, -0.15) is 0 Å². The van der Waals surface area contributed by atoms with Crippen molar-refractivity contribution >= 4 is 28.9 Å². The molecule has 1 amide bonds. The van der Waals surface area contributed by atoms with Gasteiger partial charge in [-0.05, 0) is 70.7 Å². The standard InChI is InChI=1S/C28H34FN5O4/c1-16(2)23-18(14-34(26(36)38-28(6,7)8)22(15-35)37-27(3,4)5)12-31-21-10-9-17(11-19(21)23)24-20(29)13-32-25(30)33-24/h9-13,16H,14H2,1-8H3,(H2,30,32,33). The average Bonchev–Trinajstić information content (AvgIpc) is 2.80. The Morgan fingerprint density at radius 3 is 2.32 bits per heavy atom. The molecule has 9 nitrogen and oxygen atoms in total. The molecular weight excluding hydrogens is 489 g/mol. The fraction of sp³-hybridized carbons (Fsp3) is 0.429. The Hall–Kier alpha value is -4.04. The van der Waals surface area contributed by atoms with Crippen molar-refractivity contribution in [2.45, 2.75) is 79.1 Å². The van der Waals surface area contributed by atoms with Gasteiger partial charge in [0, 0.05) is 17.1 Å². The summed E-state index contributed by atoms with van der Waals surface area (Å²) in [7, 11) is 0. The summed E-state index contributed by atoms with van der Waals surface area (Å²) in [5.41, 5.74) is 6.86. The number of pyridine rings is 1. The number of carbonyl (C=O) groups is 1. The minimum absolute atomic E-state index is 0.0289. The van der Waals surface area contributed by atoms with Crippen LogP contribution in [0.25, 0.3) is 22.2 Å². The molecule has 38 heavy (non-hydrogen) atoms. The van der Waals surface area contributed by atoms with Crippen molar-refractivity contribution in [2.24, 2.45) is 0 Å². The third-order valence-corrected chi connectivity index (χ3v) is 5.28.